The van der Waals surface area contributed by atoms with Crippen LogP contribution in [-0.4, -0.2) is 25.0 Å². The zero-order chi connectivity index (χ0) is 9.84. The summed E-state index contributed by atoms with van der Waals surface area (Å²) in [7, 11) is 0. The van der Waals surface area contributed by atoms with Crippen molar-refractivity contribution in [2.75, 3.05) is 6.54 Å². The van der Waals surface area contributed by atoms with Gasteiger partial charge in [0, 0.05) is 12.2 Å². The van der Waals surface area contributed by atoms with Crippen molar-refractivity contribution in [2.24, 2.45) is 4.99 Å². The van der Waals surface area contributed by atoms with Gasteiger partial charge in [-0.3, -0.25) is 0 Å². The lowest BCUT2D eigenvalue weighted by Gasteiger charge is -2.22. The molecule has 1 unspecified atom stereocenters. The molecule has 2 N–H and O–H groups in total. The second kappa shape index (κ2) is 4.20. The number of nitrogens with zero attached hydrogens (tertiary/aromatic N) is 1. The van der Waals surface area contributed by atoms with E-state index in [-0.39, 0.29) is 6.04 Å². The molecule has 0 saturated heterocycles. The summed E-state index contributed by atoms with van der Waals surface area (Å²) < 4.78 is 23.6. The van der Waals surface area contributed by atoms with Crippen molar-refractivity contribution in [2.45, 2.75) is 26.3 Å². The maximum absolute atomic E-state index is 11.8. The predicted molar refractivity (Wildman–Crippen MR) is 47.8 cm³/mol. The number of hydrogen-bond acceptors (Lipinski definition) is 1. The van der Waals surface area contributed by atoms with E-state index in [2.05, 4.69) is 15.6 Å². The van der Waals surface area contributed by atoms with Crippen LogP contribution < -0.4 is 10.6 Å². The lowest BCUT2D eigenvalue weighted by atomic mass is 10.1. The van der Waals surface area contributed by atoms with Gasteiger partial charge in [-0.15, -0.1) is 0 Å². The second-order valence-electron chi connectivity index (χ2n) is 2.98. The summed E-state index contributed by atoms with van der Waals surface area (Å²) in [4.78, 5) is 3.67. The third-order valence-electron chi connectivity index (χ3n) is 1.86. The van der Waals surface area contributed by atoms with Crippen molar-refractivity contribution < 1.29 is 8.78 Å². The fourth-order valence-electron chi connectivity index (χ4n) is 0.919. The molecule has 0 spiro atoms. The Morgan fingerprint density at radius 1 is 1.62 bits per heavy atom. The summed E-state index contributed by atoms with van der Waals surface area (Å²) in [6, 6.07) is 0.151. The molecule has 1 rings (SSSR count). The van der Waals surface area contributed by atoms with Crippen molar-refractivity contribution in [3.05, 3.63) is 11.8 Å². The normalized spacial score (nSPS) is 25.5. The monoisotopic (exact) mass is 189 g/mol. The van der Waals surface area contributed by atoms with Crippen molar-refractivity contribution in [1.82, 2.24) is 10.6 Å². The third-order valence-corrected chi connectivity index (χ3v) is 1.86. The minimum absolute atomic E-state index is 0.151. The maximum atomic E-state index is 11.8. The van der Waals surface area contributed by atoms with Crippen LogP contribution in [0, 0.1) is 0 Å². The minimum atomic E-state index is -2.39. The van der Waals surface area contributed by atoms with Crippen LogP contribution in [0.25, 0.3) is 0 Å². The summed E-state index contributed by atoms with van der Waals surface area (Å²) in [5.41, 5.74) is 1.12. The smallest absolute Gasteiger partial charge is 0.257 e. The Kier molecular flexibility index (Phi) is 3.22. The highest BCUT2D eigenvalue weighted by atomic mass is 19.3. The molecule has 1 atom stereocenters. The largest absolute Gasteiger partial charge is 0.350 e. The van der Waals surface area contributed by atoms with Crippen LogP contribution in [0.2, 0.25) is 0 Å². The quantitative estimate of drug-likeness (QED) is 0.682. The zero-order valence-electron chi connectivity index (χ0n) is 7.64. The van der Waals surface area contributed by atoms with Crippen molar-refractivity contribution >= 4 is 5.96 Å². The van der Waals surface area contributed by atoms with Crippen LogP contribution in [0.3, 0.4) is 0 Å². The van der Waals surface area contributed by atoms with Gasteiger partial charge in [0.1, 0.15) is 6.54 Å². The van der Waals surface area contributed by atoms with Crippen LogP contribution in [0.5, 0.6) is 0 Å². The summed E-state index contributed by atoms with van der Waals surface area (Å²) >= 11 is 0. The molecule has 0 aromatic heterocycles. The highest BCUT2D eigenvalue weighted by molar-refractivity contribution is 5.82. The molecule has 0 aromatic carbocycles. The summed E-state index contributed by atoms with van der Waals surface area (Å²) in [5, 5.41) is 5.76. The van der Waals surface area contributed by atoms with Crippen molar-refractivity contribution in [3.63, 3.8) is 0 Å². The number of rotatable bonds is 2. The Morgan fingerprint density at radius 2 is 2.31 bits per heavy atom. The third kappa shape index (κ3) is 3.01. The van der Waals surface area contributed by atoms with Gasteiger partial charge >= 0.3 is 0 Å². The molecule has 0 saturated carbocycles. The molecule has 1 heterocycles. The van der Waals surface area contributed by atoms with Gasteiger partial charge in [-0.25, -0.2) is 13.8 Å². The number of hydrogen-bond donors (Lipinski definition) is 2. The molecule has 74 valence electrons. The highest BCUT2D eigenvalue weighted by Crippen LogP contribution is 2.02. The van der Waals surface area contributed by atoms with Gasteiger partial charge in [-0.2, -0.15) is 0 Å². The van der Waals surface area contributed by atoms with E-state index in [0.29, 0.717) is 5.96 Å². The second-order valence-corrected chi connectivity index (χ2v) is 2.98. The molecule has 0 radical (unpaired) electrons. The SMILES string of the molecule is CC1=CNC(=NCC(F)F)NC1C. The number of alkyl halides is 2. The maximum Gasteiger partial charge on any atom is 0.257 e. The van der Waals surface area contributed by atoms with E-state index in [4.69, 9.17) is 0 Å². The zero-order valence-corrected chi connectivity index (χ0v) is 7.64. The predicted octanol–water partition coefficient (Wildman–Crippen LogP) is 1.09. The van der Waals surface area contributed by atoms with Gasteiger partial charge < -0.3 is 10.6 Å². The van der Waals surface area contributed by atoms with Crippen LogP contribution >= 0.6 is 0 Å². The molecule has 0 amide bonds. The van der Waals surface area contributed by atoms with Crippen molar-refractivity contribution in [3.8, 4) is 0 Å². The van der Waals surface area contributed by atoms with Crippen LogP contribution in [0.4, 0.5) is 8.78 Å². The van der Waals surface area contributed by atoms with E-state index in [0.717, 1.165) is 5.57 Å². The van der Waals surface area contributed by atoms with Crippen LogP contribution in [0.15, 0.2) is 16.8 Å². The molecular weight excluding hydrogens is 176 g/mol. The minimum Gasteiger partial charge on any atom is -0.350 e. The van der Waals surface area contributed by atoms with Crippen LogP contribution in [0.1, 0.15) is 13.8 Å². The van der Waals surface area contributed by atoms with E-state index in [1.165, 1.54) is 0 Å². The fraction of sp³-hybridized carbons (Fsp3) is 0.625. The first-order chi connectivity index (χ1) is 6.09. The average Bonchev–Trinajstić information content (AvgIpc) is 2.07. The molecular formula is C8H13F2N3. The fourth-order valence-corrected chi connectivity index (χ4v) is 0.919. The van der Waals surface area contributed by atoms with E-state index in [1.54, 1.807) is 6.20 Å². The van der Waals surface area contributed by atoms with E-state index in [9.17, 15) is 8.78 Å². The molecule has 0 aromatic rings. The average molecular weight is 189 g/mol. The molecule has 3 nitrogen and oxygen atoms in total. The van der Waals surface area contributed by atoms with Gasteiger partial charge in [-0.05, 0) is 19.4 Å². The number of halogens is 2. The standard InChI is InChI=1S/C8H13F2N3/c1-5-3-11-8(13-6(5)2)12-4-7(9)10/h3,6-7H,4H2,1-2H3,(H2,11,12,13). The van der Waals surface area contributed by atoms with Gasteiger partial charge in [-0.1, -0.05) is 0 Å². The molecule has 0 aliphatic carbocycles. The molecule has 13 heavy (non-hydrogen) atoms. The summed E-state index contributed by atoms with van der Waals surface area (Å²) in [6.45, 7) is 3.44. The number of guanidine groups is 1. The number of aliphatic imine (C=N–C) groups is 1. The highest BCUT2D eigenvalue weighted by Gasteiger charge is 2.12. The molecule has 0 bridgehead atoms. The molecule has 1 aliphatic rings. The van der Waals surface area contributed by atoms with E-state index in [1.807, 2.05) is 13.8 Å². The van der Waals surface area contributed by atoms with Crippen LogP contribution in [-0.2, 0) is 0 Å². The first-order valence-electron chi connectivity index (χ1n) is 4.12. The Hall–Kier alpha value is -1.13. The lowest BCUT2D eigenvalue weighted by Crippen LogP contribution is -2.45. The lowest BCUT2D eigenvalue weighted by molar-refractivity contribution is 0.158. The Labute approximate surface area is 75.9 Å². The van der Waals surface area contributed by atoms with Gasteiger partial charge in [0.15, 0.2) is 5.96 Å². The van der Waals surface area contributed by atoms with Gasteiger partial charge in [0.2, 0.25) is 0 Å². The first-order valence-corrected chi connectivity index (χ1v) is 4.12. The molecule has 5 heteroatoms. The van der Waals surface area contributed by atoms with Crippen molar-refractivity contribution in [1.29, 1.82) is 0 Å². The molecule has 1 aliphatic heterocycles. The Bertz CT molecular complexity index is 236. The van der Waals surface area contributed by atoms with Gasteiger partial charge in [0.05, 0.1) is 0 Å². The van der Waals surface area contributed by atoms with E-state index >= 15 is 0 Å². The topological polar surface area (TPSA) is 36.4 Å². The Balaban J connectivity index is 2.52. The summed E-state index contributed by atoms with van der Waals surface area (Å²) in [6.07, 6.45) is -0.621. The van der Waals surface area contributed by atoms with E-state index < -0.39 is 13.0 Å². The first kappa shape index (κ1) is 9.95. The van der Waals surface area contributed by atoms with Gasteiger partial charge in [0.25, 0.3) is 6.43 Å². The Morgan fingerprint density at radius 3 is 2.85 bits per heavy atom. The summed E-state index contributed by atoms with van der Waals surface area (Å²) in [5.74, 6) is 0.415. The number of nitrogens with one attached hydrogen (secondary N) is 2. The molecule has 0 fully saturated rings.